The predicted octanol–water partition coefficient (Wildman–Crippen LogP) is 3.98. The standard InChI is InChI=1S/C13H7ClF4O/c14-9-2-1-6(15)3-8(9)13(19)12-10(17)4-7(16)5-11(12)18/h1-5,13,19H. The van der Waals surface area contributed by atoms with Crippen LogP contribution in [-0.4, -0.2) is 5.11 Å². The van der Waals surface area contributed by atoms with Crippen LogP contribution in [0.15, 0.2) is 30.3 Å². The number of rotatable bonds is 2. The van der Waals surface area contributed by atoms with Crippen molar-refractivity contribution < 1.29 is 22.7 Å². The SMILES string of the molecule is OC(c1cc(F)ccc1Cl)c1c(F)cc(F)cc1F. The molecule has 0 heterocycles. The molecule has 1 nitrogen and oxygen atoms in total. The molecule has 0 aromatic heterocycles. The van der Waals surface area contributed by atoms with E-state index < -0.39 is 34.9 Å². The maximum atomic E-state index is 13.5. The molecule has 2 aromatic rings. The van der Waals surface area contributed by atoms with Crippen molar-refractivity contribution in [3.05, 3.63) is 69.8 Å². The average molecular weight is 291 g/mol. The van der Waals surface area contributed by atoms with E-state index in [1.807, 2.05) is 0 Å². The van der Waals surface area contributed by atoms with Gasteiger partial charge in [0, 0.05) is 22.7 Å². The fourth-order valence-corrected chi connectivity index (χ4v) is 1.92. The molecular formula is C13H7ClF4O. The van der Waals surface area contributed by atoms with Crippen LogP contribution in [0.5, 0.6) is 0 Å². The van der Waals surface area contributed by atoms with Crippen molar-refractivity contribution in [1.82, 2.24) is 0 Å². The summed E-state index contributed by atoms with van der Waals surface area (Å²) in [6.07, 6.45) is -1.83. The van der Waals surface area contributed by atoms with Gasteiger partial charge in [-0.15, -0.1) is 0 Å². The van der Waals surface area contributed by atoms with Crippen LogP contribution < -0.4 is 0 Å². The van der Waals surface area contributed by atoms with E-state index >= 15 is 0 Å². The fourth-order valence-electron chi connectivity index (χ4n) is 1.69. The quantitative estimate of drug-likeness (QED) is 0.830. The molecule has 0 aliphatic heterocycles. The minimum atomic E-state index is -1.83. The predicted molar refractivity (Wildman–Crippen MR) is 61.8 cm³/mol. The van der Waals surface area contributed by atoms with Gasteiger partial charge in [-0.2, -0.15) is 0 Å². The van der Waals surface area contributed by atoms with Crippen molar-refractivity contribution in [2.24, 2.45) is 0 Å². The Hall–Kier alpha value is -1.59. The Morgan fingerprint density at radius 3 is 2.05 bits per heavy atom. The van der Waals surface area contributed by atoms with Crippen molar-refractivity contribution in [3.63, 3.8) is 0 Å². The lowest BCUT2D eigenvalue weighted by Crippen LogP contribution is -2.07. The molecule has 0 bridgehead atoms. The van der Waals surface area contributed by atoms with Crippen LogP contribution in [0.2, 0.25) is 5.02 Å². The molecule has 0 aliphatic carbocycles. The number of halogens is 5. The largest absolute Gasteiger partial charge is 0.383 e. The van der Waals surface area contributed by atoms with Crippen LogP contribution >= 0.6 is 11.6 Å². The van der Waals surface area contributed by atoms with Gasteiger partial charge >= 0.3 is 0 Å². The van der Waals surface area contributed by atoms with Gasteiger partial charge in [-0.3, -0.25) is 0 Å². The third kappa shape index (κ3) is 2.72. The highest BCUT2D eigenvalue weighted by Gasteiger charge is 2.23. The molecule has 0 fully saturated rings. The van der Waals surface area contributed by atoms with Gasteiger partial charge in [-0.25, -0.2) is 17.6 Å². The topological polar surface area (TPSA) is 20.2 Å². The molecule has 100 valence electrons. The number of aliphatic hydroxyl groups is 1. The van der Waals surface area contributed by atoms with Crippen LogP contribution in [0, 0.1) is 23.3 Å². The van der Waals surface area contributed by atoms with Gasteiger partial charge in [-0.1, -0.05) is 11.6 Å². The first-order chi connectivity index (χ1) is 8.90. The highest BCUT2D eigenvalue weighted by atomic mass is 35.5. The summed E-state index contributed by atoms with van der Waals surface area (Å²) in [6.45, 7) is 0. The Kier molecular flexibility index (Phi) is 3.78. The summed E-state index contributed by atoms with van der Waals surface area (Å²) in [6, 6.07) is 3.89. The van der Waals surface area contributed by atoms with Crippen LogP contribution in [0.25, 0.3) is 0 Å². The first kappa shape index (κ1) is 13.8. The summed E-state index contributed by atoms with van der Waals surface area (Å²) in [7, 11) is 0. The van der Waals surface area contributed by atoms with Crippen LogP contribution in [0.4, 0.5) is 17.6 Å². The summed E-state index contributed by atoms with van der Waals surface area (Å²) in [5, 5.41) is 9.84. The monoisotopic (exact) mass is 290 g/mol. The minimum absolute atomic E-state index is 0.0583. The Morgan fingerprint density at radius 2 is 1.47 bits per heavy atom. The fraction of sp³-hybridized carbons (Fsp3) is 0.0769. The van der Waals surface area contributed by atoms with Crippen LogP contribution in [0.3, 0.4) is 0 Å². The van der Waals surface area contributed by atoms with E-state index in [2.05, 4.69) is 0 Å². The van der Waals surface area contributed by atoms with Gasteiger partial charge < -0.3 is 5.11 Å². The van der Waals surface area contributed by atoms with Gasteiger partial charge in [-0.05, 0) is 18.2 Å². The Morgan fingerprint density at radius 1 is 0.895 bits per heavy atom. The molecule has 0 spiro atoms. The molecule has 0 amide bonds. The lowest BCUT2D eigenvalue weighted by molar-refractivity contribution is 0.208. The van der Waals surface area contributed by atoms with Crippen molar-refractivity contribution in [1.29, 1.82) is 0 Å². The van der Waals surface area contributed by atoms with Gasteiger partial charge in [0.2, 0.25) is 0 Å². The summed E-state index contributed by atoms with van der Waals surface area (Å²) in [5.74, 6) is -4.38. The molecule has 0 radical (unpaired) electrons. The lowest BCUT2D eigenvalue weighted by atomic mass is 10.00. The van der Waals surface area contributed by atoms with E-state index in [1.54, 1.807) is 0 Å². The van der Waals surface area contributed by atoms with E-state index in [9.17, 15) is 22.7 Å². The zero-order valence-corrected chi connectivity index (χ0v) is 10.1. The van der Waals surface area contributed by atoms with Crippen molar-refractivity contribution >= 4 is 11.6 Å². The Balaban J connectivity index is 2.56. The maximum Gasteiger partial charge on any atom is 0.135 e. The Labute approximate surface area is 111 Å². The normalized spacial score (nSPS) is 12.5. The second-order valence-corrected chi connectivity index (χ2v) is 4.26. The molecule has 19 heavy (non-hydrogen) atoms. The molecule has 2 rings (SSSR count). The molecule has 2 aromatic carbocycles. The lowest BCUT2D eigenvalue weighted by Gasteiger charge is -2.15. The first-order valence-corrected chi connectivity index (χ1v) is 5.55. The van der Waals surface area contributed by atoms with Crippen molar-refractivity contribution in [3.8, 4) is 0 Å². The first-order valence-electron chi connectivity index (χ1n) is 5.17. The molecule has 0 aliphatic rings. The number of benzene rings is 2. The van der Waals surface area contributed by atoms with Gasteiger partial charge in [0.15, 0.2) is 0 Å². The van der Waals surface area contributed by atoms with Crippen LogP contribution in [-0.2, 0) is 0 Å². The average Bonchev–Trinajstić information content (AvgIpc) is 2.30. The molecule has 1 N–H and O–H groups in total. The van der Waals surface area contributed by atoms with E-state index in [4.69, 9.17) is 11.6 Å². The molecule has 1 unspecified atom stereocenters. The number of hydrogen-bond acceptors (Lipinski definition) is 1. The molecular weight excluding hydrogens is 284 g/mol. The van der Waals surface area contributed by atoms with Crippen molar-refractivity contribution in [2.75, 3.05) is 0 Å². The van der Waals surface area contributed by atoms with E-state index in [1.165, 1.54) is 0 Å². The summed E-state index contributed by atoms with van der Waals surface area (Å²) >= 11 is 5.73. The van der Waals surface area contributed by atoms with Gasteiger partial charge in [0.05, 0.1) is 5.56 Å². The second kappa shape index (κ2) is 5.19. The second-order valence-electron chi connectivity index (χ2n) is 3.85. The molecule has 0 saturated heterocycles. The smallest absolute Gasteiger partial charge is 0.135 e. The van der Waals surface area contributed by atoms with Crippen LogP contribution in [0.1, 0.15) is 17.2 Å². The zero-order valence-electron chi connectivity index (χ0n) is 9.30. The summed E-state index contributed by atoms with van der Waals surface area (Å²) < 4.78 is 52.8. The van der Waals surface area contributed by atoms with Gasteiger partial charge in [0.25, 0.3) is 0 Å². The van der Waals surface area contributed by atoms with Gasteiger partial charge in [0.1, 0.15) is 29.4 Å². The summed E-state index contributed by atoms with van der Waals surface area (Å²) in [4.78, 5) is 0. The third-order valence-electron chi connectivity index (χ3n) is 2.57. The highest BCUT2D eigenvalue weighted by molar-refractivity contribution is 6.31. The van der Waals surface area contributed by atoms with E-state index in [0.29, 0.717) is 12.1 Å². The van der Waals surface area contributed by atoms with E-state index in [0.717, 1.165) is 18.2 Å². The number of hydrogen-bond donors (Lipinski definition) is 1. The minimum Gasteiger partial charge on any atom is -0.383 e. The number of aliphatic hydroxyl groups excluding tert-OH is 1. The van der Waals surface area contributed by atoms with Crippen molar-refractivity contribution in [2.45, 2.75) is 6.10 Å². The van der Waals surface area contributed by atoms with E-state index in [-0.39, 0.29) is 10.6 Å². The third-order valence-corrected chi connectivity index (χ3v) is 2.91. The zero-order chi connectivity index (χ0) is 14.2. The molecule has 0 saturated carbocycles. The molecule has 1 atom stereocenters. The maximum absolute atomic E-state index is 13.5. The Bertz CT molecular complexity index is 607. The summed E-state index contributed by atoms with van der Waals surface area (Å²) in [5.41, 5.74) is -0.986. The highest BCUT2D eigenvalue weighted by Crippen LogP contribution is 2.32. The molecule has 6 heteroatoms.